The van der Waals surface area contributed by atoms with Gasteiger partial charge < -0.3 is 4.84 Å². The van der Waals surface area contributed by atoms with Gasteiger partial charge in [0.25, 0.3) is 0 Å². The Morgan fingerprint density at radius 2 is 2.56 bits per heavy atom. The molecular weight excluding hydrogens is 184 g/mol. The van der Waals surface area contributed by atoms with Crippen LogP contribution >= 0.6 is 15.9 Å². The van der Waals surface area contributed by atoms with E-state index in [0.29, 0.717) is 13.2 Å². The number of nitrogens with one attached hydrogen (secondary N) is 1. The first-order chi connectivity index (χ1) is 4.31. The van der Waals surface area contributed by atoms with Crippen LogP contribution in [0.3, 0.4) is 0 Å². The number of hydrogen-bond acceptors (Lipinski definition) is 3. The molecule has 0 aliphatic carbocycles. The molecule has 0 bridgehead atoms. The molecule has 0 saturated carbocycles. The van der Waals surface area contributed by atoms with Crippen molar-refractivity contribution in [3.63, 3.8) is 0 Å². The van der Waals surface area contributed by atoms with Crippen molar-refractivity contribution in [2.24, 2.45) is 0 Å². The second-order valence-electron chi connectivity index (χ2n) is 1.38. The first-order valence-corrected chi connectivity index (χ1v) is 3.61. The number of hydroxylamine groups is 1. The van der Waals surface area contributed by atoms with Gasteiger partial charge in [0.05, 0.1) is 12.7 Å². The molecule has 0 saturated heterocycles. The van der Waals surface area contributed by atoms with E-state index in [9.17, 15) is 0 Å². The minimum absolute atomic E-state index is 0.163. The maximum Gasteiger partial charge on any atom is 0.116 e. The van der Waals surface area contributed by atoms with Gasteiger partial charge in [-0.25, -0.2) is 5.48 Å². The van der Waals surface area contributed by atoms with E-state index in [1.165, 1.54) is 0 Å². The molecule has 0 heterocycles. The summed E-state index contributed by atoms with van der Waals surface area (Å²) < 4.78 is 0. The largest absolute Gasteiger partial charge is 0.302 e. The lowest BCUT2D eigenvalue weighted by Gasteiger charge is -2.01. The maximum atomic E-state index is 8.24. The van der Waals surface area contributed by atoms with Crippen molar-refractivity contribution in [2.75, 3.05) is 13.2 Å². The van der Waals surface area contributed by atoms with E-state index in [1.807, 2.05) is 13.0 Å². The summed E-state index contributed by atoms with van der Waals surface area (Å²) in [4.78, 5) is 4.61. The number of nitriles is 1. The Balaban J connectivity index is 2.99. The summed E-state index contributed by atoms with van der Waals surface area (Å²) in [5.41, 5.74) is 2.62. The van der Waals surface area contributed by atoms with Crippen LogP contribution in [-0.2, 0) is 4.84 Å². The lowest BCUT2D eigenvalue weighted by molar-refractivity contribution is 0.0535. The zero-order valence-electron chi connectivity index (χ0n) is 5.22. The predicted octanol–water partition coefficient (Wildman–Crippen LogP) is 0.815. The third kappa shape index (κ3) is 5.77. The first-order valence-electron chi connectivity index (χ1n) is 2.69. The molecule has 1 atom stereocenters. The number of nitrogens with zero attached hydrogens (tertiary/aromatic N) is 1. The third-order valence-electron chi connectivity index (χ3n) is 0.649. The molecule has 3 nitrogen and oxygen atoms in total. The minimum atomic E-state index is -0.163. The third-order valence-corrected chi connectivity index (χ3v) is 1.18. The Hall–Kier alpha value is -0.110. The maximum absolute atomic E-state index is 8.24. The van der Waals surface area contributed by atoms with E-state index in [0.717, 1.165) is 0 Å². The zero-order chi connectivity index (χ0) is 7.11. The Labute approximate surface area is 63.1 Å². The van der Waals surface area contributed by atoms with Crippen molar-refractivity contribution in [1.82, 2.24) is 5.48 Å². The highest BCUT2D eigenvalue weighted by Gasteiger charge is 1.97. The lowest BCUT2D eigenvalue weighted by atomic mass is 10.5. The fourth-order valence-corrected chi connectivity index (χ4v) is 0.412. The standard InChI is InChI=1S/C5H9BrN2O/c1-2-9-8-4-5(6)3-7/h5,8H,2,4H2,1H3. The van der Waals surface area contributed by atoms with Crippen molar-refractivity contribution < 1.29 is 4.84 Å². The Bertz CT molecular complexity index is 102. The fraction of sp³-hybridized carbons (Fsp3) is 0.800. The number of alkyl halides is 1. The van der Waals surface area contributed by atoms with Crippen LogP contribution in [0, 0.1) is 11.3 Å². The van der Waals surface area contributed by atoms with Crippen LogP contribution in [0.1, 0.15) is 6.92 Å². The molecule has 0 aromatic rings. The van der Waals surface area contributed by atoms with E-state index in [4.69, 9.17) is 10.1 Å². The molecular formula is C5H9BrN2O. The topological polar surface area (TPSA) is 45.0 Å². The summed E-state index contributed by atoms with van der Waals surface area (Å²) in [5.74, 6) is 0. The molecule has 1 unspecified atom stereocenters. The highest BCUT2D eigenvalue weighted by Crippen LogP contribution is 1.93. The SMILES string of the molecule is CCONCC(Br)C#N. The van der Waals surface area contributed by atoms with Gasteiger partial charge in [0.1, 0.15) is 4.83 Å². The van der Waals surface area contributed by atoms with Gasteiger partial charge in [-0.05, 0) is 6.92 Å². The van der Waals surface area contributed by atoms with Gasteiger partial charge in [-0.2, -0.15) is 5.26 Å². The van der Waals surface area contributed by atoms with Crippen LogP contribution in [0.2, 0.25) is 0 Å². The van der Waals surface area contributed by atoms with Crippen LogP contribution in [0.25, 0.3) is 0 Å². The number of hydrogen-bond donors (Lipinski definition) is 1. The normalized spacial score (nSPS) is 12.6. The Morgan fingerprint density at radius 3 is 3.00 bits per heavy atom. The average Bonchev–Trinajstić information content (AvgIpc) is 1.89. The van der Waals surface area contributed by atoms with Crippen LogP contribution < -0.4 is 5.48 Å². The molecule has 0 aromatic heterocycles. The molecule has 0 amide bonds. The molecule has 0 aliphatic rings. The van der Waals surface area contributed by atoms with Crippen LogP contribution in [0.15, 0.2) is 0 Å². The molecule has 1 N–H and O–H groups in total. The molecule has 0 fully saturated rings. The molecule has 0 radical (unpaired) electrons. The smallest absolute Gasteiger partial charge is 0.116 e. The van der Waals surface area contributed by atoms with Gasteiger partial charge in [-0.3, -0.25) is 0 Å². The van der Waals surface area contributed by atoms with Gasteiger partial charge in [0, 0.05) is 6.54 Å². The van der Waals surface area contributed by atoms with Crippen molar-refractivity contribution in [3.05, 3.63) is 0 Å². The Morgan fingerprint density at radius 1 is 1.89 bits per heavy atom. The zero-order valence-corrected chi connectivity index (χ0v) is 6.81. The summed E-state index contributed by atoms with van der Waals surface area (Å²) in [6.45, 7) is 3.01. The molecule has 0 spiro atoms. The summed E-state index contributed by atoms with van der Waals surface area (Å²) >= 11 is 3.10. The minimum Gasteiger partial charge on any atom is -0.302 e. The summed E-state index contributed by atoms with van der Waals surface area (Å²) in [7, 11) is 0. The second kappa shape index (κ2) is 6.02. The van der Waals surface area contributed by atoms with Crippen molar-refractivity contribution in [3.8, 4) is 6.07 Å². The lowest BCUT2D eigenvalue weighted by Crippen LogP contribution is -2.22. The Kier molecular flexibility index (Phi) is 5.94. The van der Waals surface area contributed by atoms with Gasteiger partial charge in [0.2, 0.25) is 0 Å². The van der Waals surface area contributed by atoms with Crippen molar-refractivity contribution in [1.29, 1.82) is 5.26 Å². The average molecular weight is 193 g/mol. The molecule has 0 aliphatic heterocycles. The summed E-state index contributed by atoms with van der Waals surface area (Å²) in [5, 5.41) is 8.24. The van der Waals surface area contributed by atoms with Gasteiger partial charge >= 0.3 is 0 Å². The van der Waals surface area contributed by atoms with Gasteiger partial charge in [0.15, 0.2) is 0 Å². The fourth-order valence-electron chi connectivity index (χ4n) is 0.280. The van der Waals surface area contributed by atoms with Crippen molar-refractivity contribution >= 4 is 15.9 Å². The number of halogens is 1. The van der Waals surface area contributed by atoms with E-state index in [-0.39, 0.29) is 4.83 Å². The molecule has 4 heteroatoms. The van der Waals surface area contributed by atoms with Crippen LogP contribution in [-0.4, -0.2) is 18.0 Å². The number of rotatable bonds is 4. The van der Waals surface area contributed by atoms with E-state index < -0.39 is 0 Å². The second-order valence-corrected chi connectivity index (χ2v) is 2.48. The highest BCUT2D eigenvalue weighted by molar-refractivity contribution is 9.09. The van der Waals surface area contributed by atoms with Crippen molar-refractivity contribution in [2.45, 2.75) is 11.8 Å². The van der Waals surface area contributed by atoms with Gasteiger partial charge in [-0.1, -0.05) is 15.9 Å². The molecule has 9 heavy (non-hydrogen) atoms. The summed E-state index contributed by atoms with van der Waals surface area (Å²) in [6, 6.07) is 2.00. The van der Waals surface area contributed by atoms with E-state index in [1.54, 1.807) is 0 Å². The quantitative estimate of drug-likeness (QED) is 0.408. The first kappa shape index (κ1) is 8.89. The predicted molar refractivity (Wildman–Crippen MR) is 38.0 cm³/mol. The molecule has 0 aromatic carbocycles. The molecule has 0 rings (SSSR count). The monoisotopic (exact) mass is 192 g/mol. The van der Waals surface area contributed by atoms with E-state index in [2.05, 4.69) is 21.4 Å². The highest BCUT2D eigenvalue weighted by atomic mass is 79.9. The van der Waals surface area contributed by atoms with E-state index >= 15 is 0 Å². The molecule has 52 valence electrons. The van der Waals surface area contributed by atoms with Crippen LogP contribution in [0.5, 0.6) is 0 Å². The van der Waals surface area contributed by atoms with Crippen LogP contribution in [0.4, 0.5) is 0 Å². The summed E-state index contributed by atoms with van der Waals surface area (Å²) in [6.07, 6.45) is 0. The van der Waals surface area contributed by atoms with Gasteiger partial charge in [-0.15, -0.1) is 0 Å².